The van der Waals surface area contributed by atoms with E-state index in [1.807, 2.05) is 0 Å². The lowest BCUT2D eigenvalue weighted by molar-refractivity contribution is -0.145. The summed E-state index contributed by atoms with van der Waals surface area (Å²) in [5.41, 5.74) is 0.548. The van der Waals surface area contributed by atoms with Crippen molar-refractivity contribution in [3.63, 3.8) is 0 Å². The Labute approximate surface area is 227 Å². The first-order valence-corrected chi connectivity index (χ1v) is 13.6. The molecule has 1 aromatic heterocycles. The summed E-state index contributed by atoms with van der Waals surface area (Å²) in [6, 6.07) is 6.01. The van der Waals surface area contributed by atoms with E-state index in [1.165, 1.54) is 12.1 Å². The molecule has 14 heteroatoms. The van der Waals surface area contributed by atoms with Crippen molar-refractivity contribution in [1.82, 2.24) is 24.5 Å². The summed E-state index contributed by atoms with van der Waals surface area (Å²) in [4.78, 5) is 21.6. The van der Waals surface area contributed by atoms with Gasteiger partial charge in [-0.1, -0.05) is 6.07 Å². The molecule has 3 aromatic rings. The maximum atomic E-state index is 14.6. The van der Waals surface area contributed by atoms with Crippen LogP contribution in [0.3, 0.4) is 0 Å². The van der Waals surface area contributed by atoms with Crippen molar-refractivity contribution in [2.45, 2.75) is 49.1 Å². The van der Waals surface area contributed by atoms with Gasteiger partial charge in [0.25, 0.3) is 0 Å². The van der Waals surface area contributed by atoms with Crippen molar-refractivity contribution in [2.75, 3.05) is 14.1 Å². The Bertz CT molecular complexity index is 1480. The number of likely N-dealkylation sites (N-methyl/N-ethyl adjacent to an activating group) is 1. The Morgan fingerprint density at radius 1 is 1.05 bits per heavy atom. The molecule has 1 aliphatic heterocycles. The molecule has 2 aromatic carbocycles. The second-order valence-corrected chi connectivity index (χ2v) is 11.5. The van der Waals surface area contributed by atoms with Crippen LogP contribution in [0.15, 0.2) is 59.8 Å². The Morgan fingerprint density at radius 3 is 2.25 bits per heavy atom. The molecule has 2 heterocycles. The first kappa shape index (κ1) is 29.5. The van der Waals surface area contributed by atoms with Crippen LogP contribution in [-0.2, 0) is 27.5 Å². The van der Waals surface area contributed by atoms with Crippen molar-refractivity contribution in [1.29, 1.82) is 0 Å². The molecule has 1 aliphatic rings. The van der Waals surface area contributed by atoms with E-state index in [1.54, 1.807) is 25.9 Å². The molecule has 0 unspecified atom stereocenters. The van der Waals surface area contributed by atoms with Gasteiger partial charge in [-0.2, -0.15) is 17.5 Å². The highest BCUT2D eigenvalue weighted by Gasteiger charge is 2.49. The molecular formula is C26H26F5N5O3S. The normalized spacial score (nSPS) is 20.2. The number of benzene rings is 2. The number of sulfonamides is 1. The van der Waals surface area contributed by atoms with Crippen LogP contribution in [0.1, 0.15) is 24.7 Å². The highest BCUT2D eigenvalue weighted by atomic mass is 32.2. The maximum Gasteiger partial charge on any atom is 0.451 e. The highest BCUT2D eigenvalue weighted by Crippen LogP contribution is 2.34. The van der Waals surface area contributed by atoms with Gasteiger partial charge in [-0.25, -0.2) is 27.2 Å². The summed E-state index contributed by atoms with van der Waals surface area (Å²) in [6.07, 6.45) is -2.63. The number of hydrogen-bond donors (Lipinski definition) is 1. The largest absolute Gasteiger partial charge is 0.451 e. The summed E-state index contributed by atoms with van der Waals surface area (Å²) in [7, 11) is -0.682. The average molecular weight is 584 g/mol. The van der Waals surface area contributed by atoms with Crippen molar-refractivity contribution in [3.05, 3.63) is 77.9 Å². The second kappa shape index (κ2) is 11.2. The summed E-state index contributed by atoms with van der Waals surface area (Å²) in [6.45, 7) is 1.36. The lowest BCUT2D eigenvalue weighted by Crippen LogP contribution is -2.49. The van der Waals surface area contributed by atoms with E-state index in [9.17, 15) is 35.2 Å². The molecule has 1 fully saturated rings. The molecule has 214 valence electrons. The van der Waals surface area contributed by atoms with E-state index in [0.717, 1.165) is 47.0 Å². The van der Waals surface area contributed by atoms with Crippen molar-refractivity contribution < 1.29 is 35.2 Å². The molecule has 40 heavy (non-hydrogen) atoms. The van der Waals surface area contributed by atoms with Gasteiger partial charge >= 0.3 is 6.18 Å². The van der Waals surface area contributed by atoms with E-state index >= 15 is 0 Å². The number of aromatic nitrogens is 2. The minimum Gasteiger partial charge on any atom is -0.351 e. The number of carbonyl (C=O) groups excluding carboxylic acids is 1. The van der Waals surface area contributed by atoms with Gasteiger partial charge < -0.3 is 10.2 Å². The Kier molecular flexibility index (Phi) is 8.24. The van der Waals surface area contributed by atoms with Crippen LogP contribution in [-0.4, -0.2) is 65.7 Å². The Balaban J connectivity index is 1.56. The van der Waals surface area contributed by atoms with Gasteiger partial charge in [0, 0.05) is 42.1 Å². The molecular weight excluding hydrogens is 557 g/mol. The number of rotatable bonds is 7. The number of amides is 1. The van der Waals surface area contributed by atoms with Crippen LogP contribution in [0.2, 0.25) is 0 Å². The topological polar surface area (TPSA) is 95.5 Å². The maximum absolute atomic E-state index is 14.6. The van der Waals surface area contributed by atoms with Crippen LogP contribution in [0.4, 0.5) is 22.0 Å². The quantitative estimate of drug-likeness (QED) is 0.425. The third kappa shape index (κ3) is 5.98. The molecule has 1 amide bonds. The van der Waals surface area contributed by atoms with Crippen LogP contribution >= 0.6 is 0 Å². The zero-order valence-corrected chi connectivity index (χ0v) is 22.5. The first-order valence-electron chi connectivity index (χ1n) is 12.1. The van der Waals surface area contributed by atoms with Gasteiger partial charge in [0.1, 0.15) is 17.7 Å². The minimum atomic E-state index is -4.71. The third-order valence-corrected chi connectivity index (χ3v) is 8.83. The molecule has 0 aliphatic carbocycles. The fourth-order valence-corrected chi connectivity index (χ4v) is 6.59. The first-order chi connectivity index (χ1) is 18.7. The number of nitrogens with one attached hydrogen (secondary N) is 1. The van der Waals surface area contributed by atoms with Crippen LogP contribution in [0.25, 0.3) is 11.1 Å². The lowest BCUT2D eigenvalue weighted by Gasteiger charge is -2.29. The third-order valence-electron chi connectivity index (χ3n) is 6.82. The second-order valence-electron chi connectivity index (χ2n) is 9.63. The molecule has 1 N–H and O–H groups in total. The summed E-state index contributed by atoms with van der Waals surface area (Å²) < 4.78 is 94.5. The molecule has 4 rings (SSSR count). The lowest BCUT2D eigenvalue weighted by atomic mass is 10.0. The standard InChI is InChI=1S/C26H26F5N5O3S/c1-15-22(35(2)3)11-23(36(15)40(38,39)20-7-5-19(27)6-8-20)24(37)32-12-17-10-16(4-9-21(17)28)18-13-33-25(34-14-18)26(29,30)31/h4-10,13-15,22-23H,11-12H2,1-3H3,(H,32,37)/t15-,22+,23-/m0/s1. The predicted octanol–water partition coefficient (Wildman–Crippen LogP) is 3.84. The molecule has 0 spiro atoms. The van der Waals surface area contributed by atoms with Gasteiger partial charge in [0.15, 0.2) is 0 Å². The SMILES string of the molecule is C[C@H]1[C@H](N(C)C)C[C@@H](C(=O)NCc2cc(-c3cnc(C(F)(F)F)nc3)ccc2F)N1S(=O)(=O)c1ccc(F)cc1. The number of halogens is 5. The van der Waals surface area contributed by atoms with Crippen molar-refractivity contribution in [3.8, 4) is 11.1 Å². The zero-order chi connectivity index (χ0) is 29.4. The van der Waals surface area contributed by atoms with Crippen molar-refractivity contribution >= 4 is 15.9 Å². The minimum absolute atomic E-state index is 0.0221. The van der Waals surface area contributed by atoms with Crippen LogP contribution in [0, 0.1) is 11.6 Å². The monoisotopic (exact) mass is 583 g/mol. The van der Waals surface area contributed by atoms with Crippen LogP contribution < -0.4 is 5.32 Å². The number of carbonyl (C=O) groups is 1. The van der Waals surface area contributed by atoms with Gasteiger partial charge in [-0.3, -0.25) is 4.79 Å². The zero-order valence-electron chi connectivity index (χ0n) is 21.7. The summed E-state index contributed by atoms with van der Waals surface area (Å²) in [5, 5.41) is 2.59. The number of alkyl halides is 3. The van der Waals surface area contributed by atoms with E-state index in [4.69, 9.17) is 0 Å². The molecule has 0 radical (unpaired) electrons. The van der Waals surface area contributed by atoms with Gasteiger partial charge in [-0.05, 0) is 69.4 Å². The van der Waals surface area contributed by atoms with E-state index < -0.39 is 51.6 Å². The summed E-state index contributed by atoms with van der Waals surface area (Å²) in [5.74, 6) is -3.27. The van der Waals surface area contributed by atoms with Gasteiger partial charge in [0.05, 0.1) is 4.90 Å². The van der Waals surface area contributed by atoms with Crippen molar-refractivity contribution in [2.24, 2.45) is 0 Å². The van der Waals surface area contributed by atoms with Crippen LogP contribution in [0.5, 0.6) is 0 Å². The smallest absolute Gasteiger partial charge is 0.351 e. The van der Waals surface area contributed by atoms with Gasteiger partial charge in [-0.15, -0.1) is 0 Å². The van der Waals surface area contributed by atoms with E-state index in [0.29, 0.717) is 5.56 Å². The van der Waals surface area contributed by atoms with E-state index in [-0.39, 0.29) is 35.0 Å². The number of hydrogen-bond acceptors (Lipinski definition) is 6. The number of nitrogens with zero attached hydrogens (tertiary/aromatic N) is 4. The molecule has 3 atom stereocenters. The fourth-order valence-electron chi connectivity index (χ4n) is 4.78. The molecule has 0 saturated carbocycles. The molecule has 1 saturated heterocycles. The highest BCUT2D eigenvalue weighted by molar-refractivity contribution is 7.89. The van der Waals surface area contributed by atoms with E-state index in [2.05, 4.69) is 15.3 Å². The summed E-state index contributed by atoms with van der Waals surface area (Å²) >= 11 is 0. The average Bonchev–Trinajstić information content (AvgIpc) is 3.26. The molecule has 0 bridgehead atoms. The Morgan fingerprint density at radius 2 is 1.68 bits per heavy atom. The predicted molar refractivity (Wildman–Crippen MR) is 135 cm³/mol. The van der Waals surface area contributed by atoms with Gasteiger partial charge in [0.2, 0.25) is 21.8 Å². The fraction of sp³-hybridized carbons (Fsp3) is 0.346. The molecule has 8 nitrogen and oxygen atoms in total. The Hall–Kier alpha value is -3.49.